The number of nitrogens with one attached hydrogen (secondary N) is 1. The fraction of sp³-hybridized carbons (Fsp3) is 0.462. The monoisotopic (exact) mass is 215 g/mol. The Balaban J connectivity index is 2.02. The minimum Gasteiger partial charge on any atom is -0.328 e. The molecule has 16 heavy (non-hydrogen) atoms. The number of rotatable bonds is 3. The number of aromatic nitrogens is 2. The van der Waals surface area contributed by atoms with E-state index in [1.807, 2.05) is 7.05 Å². The van der Waals surface area contributed by atoms with Crippen LogP contribution in [-0.2, 0) is 19.4 Å². The first kappa shape index (κ1) is 9.85. The minimum atomic E-state index is 1.03. The third-order valence-corrected chi connectivity index (χ3v) is 3.34. The third kappa shape index (κ3) is 1.52. The fourth-order valence-corrected chi connectivity index (χ4v) is 2.48. The van der Waals surface area contributed by atoms with Crippen molar-refractivity contribution in [3.8, 4) is 0 Å². The lowest BCUT2D eigenvalue weighted by atomic mass is 10.1. The lowest BCUT2D eigenvalue weighted by molar-refractivity contribution is 0.768. The molecule has 1 aromatic heterocycles. The summed E-state index contributed by atoms with van der Waals surface area (Å²) in [6.45, 7) is 2.17. The van der Waals surface area contributed by atoms with Crippen molar-refractivity contribution in [2.24, 2.45) is 0 Å². The van der Waals surface area contributed by atoms with Crippen LogP contribution in [0.15, 0.2) is 18.2 Å². The highest BCUT2D eigenvalue weighted by Gasteiger charge is 2.15. The van der Waals surface area contributed by atoms with Crippen LogP contribution in [-0.4, -0.2) is 23.1 Å². The Labute approximate surface area is 95.5 Å². The second-order valence-corrected chi connectivity index (χ2v) is 4.46. The van der Waals surface area contributed by atoms with E-state index < -0.39 is 0 Å². The molecule has 0 spiro atoms. The van der Waals surface area contributed by atoms with E-state index >= 15 is 0 Å². The summed E-state index contributed by atoms with van der Waals surface area (Å²) >= 11 is 0. The van der Waals surface area contributed by atoms with Crippen molar-refractivity contribution in [3.05, 3.63) is 29.6 Å². The van der Waals surface area contributed by atoms with E-state index in [2.05, 4.69) is 33.1 Å². The zero-order chi connectivity index (χ0) is 11.0. The standard InChI is InChI=1S/C13H17N3/c1-14-7-6-10-4-5-11-12(9-10)16-8-2-3-13(16)15-11/h4-5,9,14H,2-3,6-8H2,1H3. The van der Waals surface area contributed by atoms with E-state index in [-0.39, 0.29) is 0 Å². The number of benzene rings is 1. The van der Waals surface area contributed by atoms with Gasteiger partial charge in [-0.05, 0) is 44.1 Å². The van der Waals surface area contributed by atoms with Gasteiger partial charge >= 0.3 is 0 Å². The molecule has 2 aromatic rings. The highest BCUT2D eigenvalue weighted by atomic mass is 15.1. The van der Waals surface area contributed by atoms with Crippen LogP contribution in [0.4, 0.5) is 0 Å². The normalized spacial score (nSPS) is 14.6. The highest BCUT2D eigenvalue weighted by molar-refractivity contribution is 5.77. The molecule has 0 amide bonds. The lowest BCUT2D eigenvalue weighted by Gasteiger charge is -2.03. The van der Waals surface area contributed by atoms with Crippen LogP contribution in [0.5, 0.6) is 0 Å². The van der Waals surface area contributed by atoms with E-state index in [1.165, 1.54) is 23.3 Å². The van der Waals surface area contributed by atoms with Gasteiger partial charge in [0, 0.05) is 13.0 Å². The Morgan fingerprint density at radius 3 is 3.25 bits per heavy atom. The van der Waals surface area contributed by atoms with E-state index in [4.69, 9.17) is 0 Å². The van der Waals surface area contributed by atoms with Gasteiger partial charge in [0.15, 0.2) is 0 Å². The van der Waals surface area contributed by atoms with Crippen molar-refractivity contribution in [2.75, 3.05) is 13.6 Å². The van der Waals surface area contributed by atoms with Crippen molar-refractivity contribution in [3.63, 3.8) is 0 Å². The average Bonchev–Trinajstić information content (AvgIpc) is 2.86. The molecule has 0 aliphatic carbocycles. The molecule has 3 rings (SSSR count). The highest BCUT2D eigenvalue weighted by Crippen LogP contribution is 2.23. The first-order valence-electron chi connectivity index (χ1n) is 6.01. The van der Waals surface area contributed by atoms with E-state index in [1.54, 1.807) is 0 Å². The molecular formula is C13H17N3. The SMILES string of the molecule is CNCCc1ccc2nc3n(c2c1)CCC3. The maximum absolute atomic E-state index is 4.66. The molecule has 0 fully saturated rings. The molecule has 1 aromatic carbocycles. The van der Waals surface area contributed by atoms with Crippen molar-refractivity contribution in [2.45, 2.75) is 25.8 Å². The average molecular weight is 215 g/mol. The fourth-order valence-electron chi connectivity index (χ4n) is 2.48. The topological polar surface area (TPSA) is 29.9 Å². The van der Waals surface area contributed by atoms with Gasteiger partial charge in [-0.25, -0.2) is 4.98 Å². The van der Waals surface area contributed by atoms with Crippen molar-refractivity contribution in [1.82, 2.24) is 14.9 Å². The first-order valence-corrected chi connectivity index (χ1v) is 6.01. The number of hydrogen-bond acceptors (Lipinski definition) is 2. The van der Waals surface area contributed by atoms with Crippen LogP contribution >= 0.6 is 0 Å². The predicted molar refractivity (Wildman–Crippen MR) is 65.7 cm³/mol. The van der Waals surface area contributed by atoms with Crippen LogP contribution in [0.3, 0.4) is 0 Å². The maximum Gasteiger partial charge on any atom is 0.109 e. The number of imidazole rings is 1. The summed E-state index contributed by atoms with van der Waals surface area (Å²) in [6, 6.07) is 6.66. The van der Waals surface area contributed by atoms with Gasteiger partial charge in [-0.1, -0.05) is 6.07 Å². The van der Waals surface area contributed by atoms with Gasteiger partial charge in [-0.3, -0.25) is 0 Å². The largest absolute Gasteiger partial charge is 0.328 e. The van der Waals surface area contributed by atoms with E-state index in [9.17, 15) is 0 Å². The summed E-state index contributed by atoms with van der Waals surface area (Å²) in [5.41, 5.74) is 3.88. The Morgan fingerprint density at radius 1 is 1.44 bits per heavy atom. The van der Waals surface area contributed by atoms with Crippen molar-refractivity contribution in [1.29, 1.82) is 0 Å². The number of aryl methyl sites for hydroxylation is 2. The number of likely N-dealkylation sites (N-methyl/N-ethyl adjacent to an activating group) is 1. The lowest BCUT2D eigenvalue weighted by Crippen LogP contribution is -2.10. The van der Waals surface area contributed by atoms with Crippen LogP contribution in [0, 0.1) is 0 Å². The summed E-state index contributed by atoms with van der Waals surface area (Å²) in [7, 11) is 2.00. The summed E-state index contributed by atoms with van der Waals surface area (Å²) in [5, 5.41) is 3.19. The molecule has 1 N–H and O–H groups in total. The molecule has 3 nitrogen and oxygen atoms in total. The number of fused-ring (bicyclic) bond motifs is 3. The van der Waals surface area contributed by atoms with Gasteiger partial charge < -0.3 is 9.88 Å². The molecule has 3 heteroatoms. The summed E-state index contributed by atoms with van der Waals surface area (Å²) in [4.78, 5) is 4.66. The maximum atomic E-state index is 4.66. The van der Waals surface area contributed by atoms with Gasteiger partial charge in [-0.15, -0.1) is 0 Å². The second-order valence-electron chi connectivity index (χ2n) is 4.46. The van der Waals surface area contributed by atoms with Gasteiger partial charge in [0.05, 0.1) is 11.0 Å². The zero-order valence-electron chi connectivity index (χ0n) is 9.66. The summed E-state index contributed by atoms with van der Waals surface area (Å²) in [6.07, 6.45) is 3.48. The zero-order valence-corrected chi connectivity index (χ0v) is 9.66. The molecule has 0 bridgehead atoms. The Bertz CT molecular complexity index is 513. The van der Waals surface area contributed by atoms with E-state index in [0.717, 1.165) is 31.4 Å². The van der Waals surface area contributed by atoms with Crippen molar-refractivity contribution >= 4 is 11.0 Å². The minimum absolute atomic E-state index is 1.03. The molecule has 0 unspecified atom stereocenters. The Hall–Kier alpha value is -1.35. The third-order valence-electron chi connectivity index (χ3n) is 3.34. The van der Waals surface area contributed by atoms with Gasteiger partial charge in [0.25, 0.3) is 0 Å². The molecule has 0 saturated carbocycles. The quantitative estimate of drug-likeness (QED) is 0.845. The van der Waals surface area contributed by atoms with Crippen molar-refractivity contribution < 1.29 is 0 Å². The van der Waals surface area contributed by atoms with Crippen LogP contribution in [0.25, 0.3) is 11.0 Å². The summed E-state index contributed by atoms with van der Waals surface area (Å²) in [5.74, 6) is 1.26. The predicted octanol–water partition coefficient (Wildman–Crippen LogP) is 1.74. The molecule has 1 aliphatic rings. The van der Waals surface area contributed by atoms with Crippen LogP contribution < -0.4 is 5.32 Å². The summed E-state index contributed by atoms with van der Waals surface area (Å²) < 4.78 is 2.37. The van der Waals surface area contributed by atoms with Crippen LogP contribution in [0.1, 0.15) is 17.8 Å². The molecule has 0 saturated heterocycles. The Kier molecular flexibility index (Phi) is 2.40. The molecule has 0 radical (unpaired) electrons. The smallest absolute Gasteiger partial charge is 0.109 e. The molecule has 0 atom stereocenters. The van der Waals surface area contributed by atoms with Gasteiger partial charge in [-0.2, -0.15) is 0 Å². The molecule has 1 aliphatic heterocycles. The van der Waals surface area contributed by atoms with Gasteiger partial charge in [0.2, 0.25) is 0 Å². The number of hydrogen-bond donors (Lipinski definition) is 1. The molecule has 2 heterocycles. The Morgan fingerprint density at radius 2 is 2.38 bits per heavy atom. The van der Waals surface area contributed by atoms with Gasteiger partial charge in [0.1, 0.15) is 5.82 Å². The van der Waals surface area contributed by atoms with E-state index in [0.29, 0.717) is 0 Å². The number of nitrogens with zero attached hydrogens (tertiary/aromatic N) is 2. The first-order chi connectivity index (χ1) is 7.88. The molecule has 84 valence electrons. The molecular weight excluding hydrogens is 198 g/mol. The van der Waals surface area contributed by atoms with Crippen LogP contribution in [0.2, 0.25) is 0 Å². The second kappa shape index (κ2) is 3.91.